The maximum absolute atomic E-state index is 13.5. The van der Waals surface area contributed by atoms with E-state index >= 15 is 0 Å². The molecular formula is C22H18O5. The predicted octanol–water partition coefficient (Wildman–Crippen LogP) is 3.06. The lowest BCUT2D eigenvalue weighted by Crippen LogP contribution is -2.51. The van der Waals surface area contributed by atoms with Gasteiger partial charge < -0.3 is 9.84 Å². The summed E-state index contributed by atoms with van der Waals surface area (Å²) in [6.45, 7) is 0. The predicted molar refractivity (Wildman–Crippen MR) is 100 cm³/mol. The van der Waals surface area contributed by atoms with Gasteiger partial charge in [0.05, 0.1) is 13.0 Å². The van der Waals surface area contributed by atoms with Gasteiger partial charge in [-0.2, -0.15) is 0 Å². The molecule has 0 saturated heterocycles. The van der Waals surface area contributed by atoms with Crippen LogP contribution in [0.4, 0.5) is 0 Å². The number of esters is 1. The number of carbonyl (C=O) groups excluding carboxylic acids is 3. The minimum Gasteiger partial charge on any atom is -0.467 e. The molecule has 0 radical (unpaired) electrons. The number of ketones is 2. The van der Waals surface area contributed by atoms with Crippen molar-refractivity contribution in [2.75, 3.05) is 7.11 Å². The Hall–Kier alpha value is -3.05. The maximum Gasteiger partial charge on any atom is 0.346 e. The Morgan fingerprint density at radius 2 is 1.59 bits per heavy atom. The topological polar surface area (TPSA) is 80.7 Å². The van der Waals surface area contributed by atoms with Gasteiger partial charge in [-0.1, -0.05) is 48.5 Å². The number of methoxy groups -OCH3 is 1. The third-order valence-electron chi connectivity index (χ3n) is 5.42. The van der Waals surface area contributed by atoms with Gasteiger partial charge >= 0.3 is 5.97 Å². The molecule has 0 amide bonds. The summed E-state index contributed by atoms with van der Waals surface area (Å²) in [7, 11) is 1.10. The van der Waals surface area contributed by atoms with Gasteiger partial charge in [-0.05, 0) is 34.0 Å². The Balaban J connectivity index is 1.97. The van der Waals surface area contributed by atoms with E-state index in [-0.39, 0.29) is 12.8 Å². The molecule has 0 bridgehead atoms. The van der Waals surface area contributed by atoms with Crippen LogP contribution in [0.25, 0.3) is 21.5 Å². The van der Waals surface area contributed by atoms with E-state index in [4.69, 9.17) is 0 Å². The monoisotopic (exact) mass is 362 g/mol. The van der Waals surface area contributed by atoms with Crippen molar-refractivity contribution in [3.05, 3.63) is 60.2 Å². The number of carbonyl (C=O) groups is 3. The van der Waals surface area contributed by atoms with Crippen LogP contribution in [0.15, 0.2) is 54.6 Å². The van der Waals surface area contributed by atoms with E-state index in [0.29, 0.717) is 5.56 Å². The molecule has 3 aromatic rings. The lowest BCUT2D eigenvalue weighted by Gasteiger charge is -2.25. The number of fused-ring (bicyclic) bond motifs is 2. The summed E-state index contributed by atoms with van der Waals surface area (Å²) in [6, 6.07) is 16.9. The van der Waals surface area contributed by atoms with Crippen molar-refractivity contribution in [2.24, 2.45) is 5.92 Å². The average Bonchev–Trinajstić information content (AvgIpc) is 3.00. The molecule has 0 heterocycles. The van der Waals surface area contributed by atoms with Crippen LogP contribution < -0.4 is 0 Å². The summed E-state index contributed by atoms with van der Waals surface area (Å²) in [4.78, 5) is 38.0. The Bertz CT molecular complexity index is 1050. The second-order valence-corrected chi connectivity index (χ2v) is 6.83. The molecule has 5 nitrogen and oxygen atoms in total. The lowest BCUT2D eigenvalue weighted by atomic mass is 9.81. The first-order chi connectivity index (χ1) is 13.0. The van der Waals surface area contributed by atoms with Crippen molar-refractivity contribution in [2.45, 2.75) is 18.4 Å². The summed E-state index contributed by atoms with van der Waals surface area (Å²) in [6.07, 6.45) is 0.0749. The van der Waals surface area contributed by atoms with Crippen molar-refractivity contribution >= 4 is 39.1 Å². The molecule has 0 unspecified atom stereocenters. The maximum atomic E-state index is 13.5. The molecule has 1 fully saturated rings. The van der Waals surface area contributed by atoms with Crippen LogP contribution in [0, 0.1) is 5.92 Å². The second-order valence-electron chi connectivity index (χ2n) is 6.83. The molecule has 27 heavy (non-hydrogen) atoms. The first kappa shape index (κ1) is 17.4. The molecule has 1 saturated carbocycles. The van der Waals surface area contributed by atoms with E-state index in [2.05, 4.69) is 4.74 Å². The largest absolute Gasteiger partial charge is 0.467 e. The normalized spacial score (nSPS) is 22.3. The van der Waals surface area contributed by atoms with Crippen molar-refractivity contribution in [1.29, 1.82) is 0 Å². The summed E-state index contributed by atoms with van der Waals surface area (Å²) >= 11 is 0. The van der Waals surface area contributed by atoms with E-state index in [0.717, 1.165) is 28.7 Å². The quantitative estimate of drug-likeness (QED) is 0.335. The molecule has 136 valence electrons. The van der Waals surface area contributed by atoms with Crippen molar-refractivity contribution < 1.29 is 24.2 Å². The highest BCUT2D eigenvalue weighted by Gasteiger charge is 2.58. The summed E-state index contributed by atoms with van der Waals surface area (Å²) in [5, 5.41) is 14.0. The van der Waals surface area contributed by atoms with Gasteiger partial charge in [0.25, 0.3) is 0 Å². The molecule has 0 aromatic heterocycles. The van der Waals surface area contributed by atoms with Gasteiger partial charge in [0.15, 0.2) is 11.6 Å². The minimum atomic E-state index is -2.43. The smallest absolute Gasteiger partial charge is 0.346 e. The molecule has 5 heteroatoms. The number of hydrogen-bond donors (Lipinski definition) is 1. The van der Waals surface area contributed by atoms with Crippen molar-refractivity contribution in [1.82, 2.24) is 0 Å². The minimum absolute atomic E-state index is 0.0370. The molecule has 0 aliphatic heterocycles. The van der Waals surface area contributed by atoms with Crippen LogP contribution >= 0.6 is 0 Å². The standard InChI is InChI=1S/C22H18O5/c1-27-21(25)22(26)17(10-11-18(22)23)20(24)19-15-8-4-2-6-13(15)12-14-7-3-5-9-16(14)19/h2-9,12,17,26H,10-11H2,1H3/t17-,22-/m1/s1. The van der Waals surface area contributed by atoms with E-state index in [9.17, 15) is 19.5 Å². The number of aliphatic hydroxyl groups is 1. The van der Waals surface area contributed by atoms with Crippen LogP contribution in [0.5, 0.6) is 0 Å². The Morgan fingerprint density at radius 3 is 2.15 bits per heavy atom. The molecule has 2 atom stereocenters. The number of benzene rings is 3. The zero-order valence-corrected chi connectivity index (χ0v) is 14.8. The van der Waals surface area contributed by atoms with Crippen LogP contribution in [0.2, 0.25) is 0 Å². The highest BCUT2D eigenvalue weighted by atomic mass is 16.5. The lowest BCUT2D eigenvalue weighted by molar-refractivity contribution is -0.168. The van der Waals surface area contributed by atoms with Gasteiger partial charge in [0.2, 0.25) is 5.60 Å². The molecule has 0 spiro atoms. The third-order valence-corrected chi connectivity index (χ3v) is 5.42. The van der Waals surface area contributed by atoms with Gasteiger partial charge in [0, 0.05) is 12.0 Å². The van der Waals surface area contributed by atoms with Gasteiger partial charge in [-0.15, -0.1) is 0 Å². The zero-order chi connectivity index (χ0) is 19.2. The van der Waals surface area contributed by atoms with Gasteiger partial charge in [-0.25, -0.2) is 4.79 Å². The van der Waals surface area contributed by atoms with E-state index in [1.54, 1.807) is 0 Å². The van der Waals surface area contributed by atoms with Crippen LogP contribution in [0.1, 0.15) is 23.2 Å². The SMILES string of the molecule is COC(=O)[C@]1(O)C(=O)CC[C@@H]1C(=O)c1c2ccccc2cc2ccccc12. The average molecular weight is 362 g/mol. The number of hydrogen-bond acceptors (Lipinski definition) is 5. The Kier molecular flexibility index (Phi) is 4.04. The molecule has 1 N–H and O–H groups in total. The molecule has 3 aromatic carbocycles. The van der Waals surface area contributed by atoms with Crippen LogP contribution in [-0.4, -0.2) is 35.4 Å². The second kappa shape index (κ2) is 6.28. The number of ether oxygens (including phenoxy) is 1. The first-order valence-electron chi connectivity index (χ1n) is 8.77. The highest BCUT2D eigenvalue weighted by molar-refractivity contribution is 6.23. The molecule has 4 rings (SSSR count). The fourth-order valence-electron chi connectivity index (χ4n) is 4.06. The molecular weight excluding hydrogens is 344 g/mol. The Labute approximate surface area is 155 Å². The number of rotatable bonds is 3. The zero-order valence-electron chi connectivity index (χ0n) is 14.8. The third kappa shape index (κ3) is 2.46. The van der Waals surface area contributed by atoms with Crippen LogP contribution in [0.3, 0.4) is 0 Å². The van der Waals surface area contributed by atoms with E-state index in [1.807, 2.05) is 54.6 Å². The fourth-order valence-corrected chi connectivity index (χ4v) is 4.06. The molecule has 1 aliphatic rings. The number of Topliss-reactive ketones (excluding diaryl/α,β-unsaturated/α-hetero) is 2. The first-order valence-corrected chi connectivity index (χ1v) is 8.77. The highest BCUT2D eigenvalue weighted by Crippen LogP contribution is 2.39. The van der Waals surface area contributed by atoms with Crippen molar-refractivity contribution in [3.63, 3.8) is 0 Å². The van der Waals surface area contributed by atoms with Crippen molar-refractivity contribution in [3.8, 4) is 0 Å². The van der Waals surface area contributed by atoms with Gasteiger partial charge in [-0.3, -0.25) is 9.59 Å². The Morgan fingerprint density at radius 1 is 1.04 bits per heavy atom. The summed E-state index contributed by atoms with van der Waals surface area (Å²) in [5.41, 5.74) is -2.00. The van der Waals surface area contributed by atoms with E-state index < -0.39 is 29.1 Å². The van der Waals surface area contributed by atoms with Gasteiger partial charge in [0.1, 0.15) is 0 Å². The summed E-state index contributed by atoms with van der Waals surface area (Å²) < 4.78 is 4.64. The van der Waals surface area contributed by atoms with E-state index in [1.165, 1.54) is 0 Å². The van der Waals surface area contributed by atoms with Crippen LogP contribution in [-0.2, 0) is 14.3 Å². The summed E-state index contributed by atoms with van der Waals surface area (Å²) in [5.74, 6) is -3.32. The molecule has 1 aliphatic carbocycles. The fraction of sp³-hybridized carbons (Fsp3) is 0.227.